The molecule has 2 aromatic rings. The van der Waals surface area contributed by atoms with Crippen LogP contribution in [0, 0.1) is 0 Å². The normalized spacial score (nSPS) is 15.6. The summed E-state index contributed by atoms with van der Waals surface area (Å²) >= 11 is 0. The summed E-state index contributed by atoms with van der Waals surface area (Å²) in [5.41, 5.74) is 0.942. The van der Waals surface area contributed by atoms with Gasteiger partial charge < -0.3 is 25.0 Å². The number of nitrogens with one attached hydrogen (secondary N) is 2. The van der Waals surface area contributed by atoms with Gasteiger partial charge >= 0.3 is 0 Å². The first-order valence-electron chi connectivity index (χ1n) is 10.5. The first-order chi connectivity index (χ1) is 15.5. The molecule has 0 spiro atoms. The number of nitrogens with two attached hydrogens (primary N) is 1. The molecule has 1 aromatic carbocycles. The average molecular weight is 442 g/mol. The predicted octanol–water partition coefficient (Wildman–Crippen LogP) is 1.54. The molecule has 1 aliphatic rings. The molecule has 1 saturated heterocycles. The Bertz CT molecular complexity index is 937. The molecule has 0 saturated carbocycles. The molecule has 1 aromatic heterocycles. The fourth-order valence-corrected chi connectivity index (χ4v) is 3.67. The summed E-state index contributed by atoms with van der Waals surface area (Å²) in [6.07, 6.45) is 7.32. The van der Waals surface area contributed by atoms with E-state index in [1.807, 2.05) is 24.3 Å². The van der Waals surface area contributed by atoms with Crippen LogP contribution in [0.1, 0.15) is 24.8 Å². The van der Waals surface area contributed by atoms with Crippen molar-refractivity contribution in [1.29, 1.82) is 0 Å². The van der Waals surface area contributed by atoms with Crippen molar-refractivity contribution in [1.82, 2.24) is 20.6 Å². The van der Waals surface area contributed by atoms with E-state index in [1.54, 1.807) is 39.9 Å². The molecule has 3 rings (SSSR count). The fraction of sp³-hybridized carbons (Fsp3) is 0.409. The lowest BCUT2D eigenvalue weighted by Gasteiger charge is -2.26. The first-order valence-corrected chi connectivity index (χ1v) is 10.5. The van der Waals surface area contributed by atoms with Gasteiger partial charge in [0.2, 0.25) is 11.9 Å². The Hall–Kier alpha value is -3.53. The van der Waals surface area contributed by atoms with Crippen molar-refractivity contribution in [2.24, 2.45) is 5.84 Å². The molecule has 172 valence electrons. The maximum atomic E-state index is 12.6. The van der Waals surface area contributed by atoms with E-state index in [9.17, 15) is 4.79 Å². The second kappa shape index (κ2) is 11.2. The van der Waals surface area contributed by atoms with Crippen LogP contribution in [0.25, 0.3) is 0 Å². The molecule has 1 fully saturated rings. The van der Waals surface area contributed by atoms with E-state index in [4.69, 9.17) is 15.3 Å². The summed E-state index contributed by atoms with van der Waals surface area (Å²) in [7, 11) is 4.97. The number of hydrogen-bond donors (Lipinski definition) is 3. The third kappa shape index (κ3) is 5.79. The minimum atomic E-state index is -0.0108. The van der Waals surface area contributed by atoms with Crippen LogP contribution in [-0.4, -0.2) is 49.7 Å². The minimum absolute atomic E-state index is 0.0108. The Kier molecular flexibility index (Phi) is 8.09. The number of aromatic nitrogens is 2. The molecule has 10 heteroatoms. The van der Waals surface area contributed by atoms with E-state index in [-0.39, 0.29) is 11.9 Å². The summed E-state index contributed by atoms with van der Waals surface area (Å²) in [5.74, 6) is 8.41. The van der Waals surface area contributed by atoms with Gasteiger partial charge in [0.05, 0.1) is 14.2 Å². The molecule has 10 nitrogen and oxygen atoms in total. The summed E-state index contributed by atoms with van der Waals surface area (Å²) in [6, 6.07) is 7.52. The maximum Gasteiger partial charge on any atom is 0.246 e. The van der Waals surface area contributed by atoms with Crippen LogP contribution in [0.5, 0.6) is 11.5 Å². The quantitative estimate of drug-likeness (QED) is 0.373. The molecule has 0 bridgehead atoms. The van der Waals surface area contributed by atoms with E-state index in [0.29, 0.717) is 30.4 Å². The summed E-state index contributed by atoms with van der Waals surface area (Å²) in [6.45, 7) is 1.25. The number of nitrogens with zero attached hydrogens (tertiary/aromatic N) is 4. The van der Waals surface area contributed by atoms with Gasteiger partial charge in [-0.2, -0.15) is 4.98 Å². The first kappa shape index (κ1) is 23.1. The molecular weight excluding hydrogens is 410 g/mol. The summed E-state index contributed by atoms with van der Waals surface area (Å²) < 4.78 is 10.6. The Morgan fingerprint density at radius 3 is 2.88 bits per heavy atom. The number of carbonyl (C=O) groups excluding carboxylic acids is 1. The lowest BCUT2D eigenvalue weighted by atomic mass is 10.1. The van der Waals surface area contributed by atoms with Gasteiger partial charge in [-0.3, -0.25) is 9.80 Å². The largest absolute Gasteiger partial charge is 0.493 e. The van der Waals surface area contributed by atoms with Gasteiger partial charge in [-0.25, -0.2) is 10.8 Å². The van der Waals surface area contributed by atoms with Gasteiger partial charge in [0.25, 0.3) is 0 Å². The van der Waals surface area contributed by atoms with E-state index in [0.717, 1.165) is 30.8 Å². The second-order valence-electron chi connectivity index (χ2n) is 7.39. The molecule has 0 radical (unpaired) electrons. The van der Waals surface area contributed by atoms with Crippen molar-refractivity contribution in [2.75, 3.05) is 37.7 Å². The smallest absolute Gasteiger partial charge is 0.246 e. The number of carbonyl (C=O) groups is 1. The van der Waals surface area contributed by atoms with Crippen molar-refractivity contribution in [2.45, 2.75) is 31.8 Å². The second-order valence-corrected chi connectivity index (χ2v) is 7.39. The zero-order chi connectivity index (χ0) is 22.9. The highest BCUT2D eigenvalue weighted by atomic mass is 16.5. The Balaban J connectivity index is 1.60. The topological polar surface area (TPSA) is 118 Å². The van der Waals surface area contributed by atoms with Gasteiger partial charge in [-0.1, -0.05) is 6.07 Å². The lowest BCUT2D eigenvalue weighted by molar-refractivity contribution is -0.121. The van der Waals surface area contributed by atoms with Gasteiger partial charge in [-0.05, 0) is 36.6 Å². The Morgan fingerprint density at radius 2 is 2.12 bits per heavy atom. The van der Waals surface area contributed by atoms with Crippen LogP contribution in [-0.2, 0) is 11.3 Å². The summed E-state index contributed by atoms with van der Waals surface area (Å²) in [4.78, 5) is 23.6. The van der Waals surface area contributed by atoms with Crippen molar-refractivity contribution in [3.63, 3.8) is 0 Å². The standard InChI is InChI=1S/C22H31N7O3/c1-24-10-12-29(23)22-25-9-8-20(27-22)28-11-4-5-17(28)14-21(30)26-15-16-6-7-18(31-2)19(13-16)32-3/h6-10,12-13,17,24H,4-5,11,14-15,23H2,1-3H3,(H,26,30)/b12-10-/t17-/m1/s1. The van der Waals surface area contributed by atoms with Crippen LogP contribution in [0.2, 0.25) is 0 Å². The van der Waals surface area contributed by atoms with Crippen LogP contribution in [0.4, 0.5) is 11.8 Å². The number of anilines is 2. The molecule has 0 unspecified atom stereocenters. The van der Waals surface area contributed by atoms with Gasteiger partial charge in [-0.15, -0.1) is 0 Å². The average Bonchev–Trinajstić information content (AvgIpc) is 3.29. The van der Waals surface area contributed by atoms with Crippen LogP contribution in [0.15, 0.2) is 42.9 Å². The highest BCUT2D eigenvalue weighted by molar-refractivity contribution is 5.77. The van der Waals surface area contributed by atoms with Crippen LogP contribution >= 0.6 is 0 Å². The molecular formula is C22H31N7O3. The highest BCUT2D eigenvalue weighted by Gasteiger charge is 2.28. The van der Waals surface area contributed by atoms with Gasteiger partial charge in [0.15, 0.2) is 11.5 Å². The minimum Gasteiger partial charge on any atom is -0.493 e. The monoisotopic (exact) mass is 441 g/mol. The van der Waals surface area contributed by atoms with Crippen LogP contribution < -0.4 is 35.9 Å². The predicted molar refractivity (Wildman–Crippen MR) is 123 cm³/mol. The van der Waals surface area contributed by atoms with Gasteiger partial charge in [0, 0.05) is 51.2 Å². The molecule has 32 heavy (non-hydrogen) atoms. The third-order valence-electron chi connectivity index (χ3n) is 5.29. The number of rotatable bonds is 10. The highest BCUT2D eigenvalue weighted by Crippen LogP contribution is 2.28. The number of benzene rings is 1. The van der Waals surface area contributed by atoms with Crippen molar-refractivity contribution >= 4 is 17.7 Å². The fourth-order valence-electron chi connectivity index (χ4n) is 3.67. The molecule has 1 atom stereocenters. The van der Waals surface area contributed by atoms with E-state index in [1.165, 1.54) is 5.01 Å². The molecule has 4 N–H and O–H groups in total. The van der Waals surface area contributed by atoms with E-state index >= 15 is 0 Å². The van der Waals surface area contributed by atoms with E-state index < -0.39 is 0 Å². The summed E-state index contributed by atoms with van der Waals surface area (Å²) in [5, 5.41) is 7.23. The van der Waals surface area contributed by atoms with Crippen molar-refractivity contribution < 1.29 is 14.3 Å². The lowest BCUT2D eigenvalue weighted by Crippen LogP contribution is -2.36. The number of amides is 1. The Labute approximate surface area is 188 Å². The number of hydrogen-bond acceptors (Lipinski definition) is 9. The third-order valence-corrected chi connectivity index (χ3v) is 5.29. The zero-order valence-corrected chi connectivity index (χ0v) is 18.7. The maximum absolute atomic E-state index is 12.6. The zero-order valence-electron chi connectivity index (χ0n) is 18.7. The van der Waals surface area contributed by atoms with Gasteiger partial charge in [0.1, 0.15) is 5.82 Å². The molecule has 0 aliphatic carbocycles. The number of ether oxygens (including phenoxy) is 2. The van der Waals surface area contributed by atoms with Crippen molar-refractivity contribution in [3.8, 4) is 11.5 Å². The van der Waals surface area contributed by atoms with Crippen molar-refractivity contribution in [3.05, 3.63) is 48.4 Å². The Morgan fingerprint density at radius 1 is 1.31 bits per heavy atom. The number of methoxy groups -OCH3 is 2. The SMILES string of the molecule is CN/C=C\N(N)c1nccc(N2CCC[C@@H]2CC(=O)NCc2ccc(OC)c(OC)c2)n1. The molecule has 2 heterocycles. The van der Waals surface area contributed by atoms with Crippen LogP contribution in [0.3, 0.4) is 0 Å². The molecule has 1 amide bonds. The van der Waals surface area contributed by atoms with E-state index in [2.05, 4.69) is 25.5 Å². The number of hydrazine groups is 1. The molecule has 1 aliphatic heterocycles.